The van der Waals surface area contributed by atoms with Gasteiger partial charge in [-0.25, -0.2) is 0 Å². The van der Waals surface area contributed by atoms with Crippen LogP contribution in [0.2, 0.25) is 0 Å². The highest BCUT2D eigenvalue weighted by molar-refractivity contribution is 7.80. The van der Waals surface area contributed by atoms with Crippen LogP contribution in [0.5, 0.6) is 0 Å². The van der Waals surface area contributed by atoms with Crippen LogP contribution in [0.25, 0.3) is 0 Å². The van der Waals surface area contributed by atoms with Crippen LogP contribution in [0.4, 0.5) is 0 Å². The Morgan fingerprint density at radius 1 is 1.28 bits per heavy atom. The highest BCUT2D eigenvalue weighted by atomic mass is 32.1. The summed E-state index contributed by atoms with van der Waals surface area (Å²) in [5, 5.41) is 3.31. The predicted molar refractivity (Wildman–Crippen MR) is 74.8 cm³/mol. The summed E-state index contributed by atoms with van der Waals surface area (Å²) < 4.78 is 5.78. The van der Waals surface area contributed by atoms with E-state index < -0.39 is 5.60 Å². The van der Waals surface area contributed by atoms with Gasteiger partial charge in [-0.05, 0) is 18.7 Å². The maximum absolute atomic E-state index is 11.8. The van der Waals surface area contributed by atoms with E-state index in [4.69, 9.17) is 4.74 Å². The van der Waals surface area contributed by atoms with Gasteiger partial charge in [-0.1, -0.05) is 30.3 Å². The highest BCUT2D eigenvalue weighted by Gasteiger charge is 2.37. The fraction of sp³-hybridized carbons (Fsp3) is 0.500. The number of benzene rings is 1. The third-order valence-electron chi connectivity index (χ3n) is 3.34. The van der Waals surface area contributed by atoms with Crippen molar-refractivity contribution in [1.82, 2.24) is 5.32 Å². The Balaban J connectivity index is 2.20. The quantitative estimate of drug-likeness (QED) is 0.647. The van der Waals surface area contributed by atoms with Gasteiger partial charge in [0, 0.05) is 18.6 Å². The molecule has 0 atom stereocenters. The first-order valence-corrected chi connectivity index (χ1v) is 6.99. The van der Waals surface area contributed by atoms with E-state index >= 15 is 0 Å². The van der Waals surface area contributed by atoms with Crippen LogP contribution in [0.3, 0.4) is 0 Å². The lowest BCUT2D eigenvalue weighted by Crippen LogP contribution is -2.43. The molecule has 0 radical (unpaired) electrons. The Bertz CT molecular complexity index is 388. The van der Waals surface area contributed by atoms with E-state index in [2.05, 4.69) is 17.9 Å². The maximum atomic E-state index is 11.8. The third-order valence-corrected chi connectivity index (χ3v) is 3.56. The molecule has 0 amide bonds. The van der Waals surface area contributed by atoms with E-state index in [9.17, 15) is 4.79 Å². The monoisotopic (exact) mass is 265 g/mol. The molecule has 0 saturated carbocycles. The minimum Gasteiger partial charge on any atom is -0.454 e. The van der Waals surface area contributed by atoms with Gasteiger partial charge < -0.3 is 10.1 Å². The van der Waals surface area contributed by atoms with Crippen molar-refractivity contribution in [3.8, 4) is 0 Å². The van der Waals surface area contributed by atoms with Crippen molar-refractivity contribution in [1.29, 1.82) is 0 Å². The second kappa shape index (κ2) is 6.25. The Morgan fingerprint density at radius 3 is 2.56 bits per heavy atom. The van der Waals surface area contributed by atoms with Crippen LogP contribution >= 0.6 is 12.6 Å². The smallest absolute Gasteiger partial charge is 0.307 e. The molecule has 1 aliphatic heterocycles. The number of carbonyl (C=O) groups excluding carboxylic acids is 1. The average Bonchev–Trinajstić information content (AvgIpc) is 2.41. The molecule has 4 heteroatoms. The van der Waals surface area contributed by atoms with E-state index in [1.165, 1.54) is 0 Å². The summed E-state index contributed by atoms with van der Waals surface area (Å²) in [5.41, 5.74) is 0.644. The van der Waals surface area contributed by atoms with Crippen LogP contribution in [0.15, 0.2) is 30.3 Å². The Kier molecular flexibility index (Phi) is 4.66. The van der Waals surface area contributed by atoms with Crippen LogP contribution in [-0.4, -0.2) is 24.8 Å². The van der Waals surface area contributed by atoms with Crippen molar-refractivity contribution in [3.05, 3.63) is 35.9 Å². The van der Waals surface area contributed by atoms with E-state index in [0.717, 1.165) is 31.5 Å². The minimum atomic E-state index is -0.452. The molecule has 1 N–H and O–H groups in total. The van der Waals surface area contributed by atoms with Crippen molar-refractivity contribution < 1.29 is 9.53 Å². The standard InChI is InChI=1S/C14H19NO2S/c16-13(6-11-18)17-14(7-9-15-10-8-14)12-4-2-1-3-5-12/h1-5,15,18H,6-11H2. The third kappa shape index (κ3) is 3.06. The summed E-state index contributed by atoms with van der Waals surface area (Å²) >= 11 is 4.08. The lowest BCUT2D eigenvalue weighted by Gasteiger charge is -2.37. The molecule has 1 aromatic carbocycles. The number of thiol groups is 1. The minimum absolute atomic E-state index is 0.157. The molecule has 1 saturated heterocycles. The SMILES string of the molecule is O=C(CCS)OC1(c2ccccc2)CCNCC1. The molecule has 1 heterocycles. The Morgan fingerprint density at radius 2 is 1.94 bits per heavy atom. The lowest BCUT2D eigenvalue weighted by atomic mass is 9.85. The molecule has 2 rings (SSSR count). The molecule has 1 aliphatic rings. The first kappa shape index (κ1) is 13.4. The zero-order valence-electron chi connectivity index (χ0n) is 10.4. The highest BCUT2D eigenvalue weighted by Crippen LogP contribution is 2.35. The van der Waals surface area contributed by atoms with Gasteiger partial charge in [0.15, 0.2) is 0 Å². The average molecular weight is 265 g/mol. The summed E-state index contributed by atoms with van der Waals surface area (Å²) in [4.78, 5) is 11.8. The van der Waals surface area contributed by atoms with E-state index in [-0.39, 0.29) is 5.97 Å². The Hall–Kier alpha value is -1.00. The summed E-state index contributed by atoms with van der Waals surface area (Å²) in [6.07, 6.45) is 2.02. The summed E-state index contributed by atoms with van der Waals surface area (Å²) in [7, 11) is 0. The molecular formula is C14H19NO2S. The number of piperidine rings is 1. The molecule has 18 heavy (non-hydrogen) atoms. The molecule has 0 aromatic heterocycles. The van der Waals surface area contributed by atoms with Crippen molar-refractivity contribution >= 4 is 18.6 Å². The lowest BCUT2D eigenvalue weighted by molar-refractivity contribution is -0.163. The molecule has 1 fully saturated rings. The number of hydrogen-bond donors (Lipinski definition) is 2. The molecule has 0 unspecified atom stereocenters. The maximum Gasteiger partial charge on any atom is 0.307 e. The molecule has 0 bridgehead atoms. The molecule has 1 aromatic rings. The topological polar surface area (TPSA) is 38.3 Å². The zero-order valence-corrected chi connectivity index (χ0v) is 11.3. The van der Waals surface area contributed by atoms with Crippen molar-refractivity contribution in [2.75, 3.05) is 18.8 Å². The van der Waals surface area contributed by atoms with Gasteiger partial charge in [-0.2, -0.15) is 12.6 Å². The summed E-state index contributed by atoms with van der Waals surface area (Å²) in [5.74, 6) is 0.373. The van der Waals surface area contributed by atoms with Gasteiger partial charge in [-0.3, -0.25) is 4.79 Å². The van der Waals surface area contributed by atoms with Crippen LogP contribution < -0.4 is 5.32 Å². The number of ether oxygens (including phenoxy) is 1. The molecule has 0 spiro atoms. The first-order chi connectivity index (χ1) is 8.77. The van der Waals surface area contributed by atoms with Gasteiger partial charge in [0.25, 0.3) is 0 Å². The molecular weight excluding hydrogens is 246 g/mol. The number of carbonyl (C=O) groups is 1. The van der Waals surface area contributed by atoms with E-state index in [0.29, 0.717) is 12.2 Å². The molecule has 3 nitrogen and oxygen atoms in total. The summed E-state index contributed by atoms with van der Waals surface area (Å²) in [6.45, 7) is 1.76. The van der Waals surface area contributed by atoms with Gasteiger partial charge in [0.05, 0.1) is 6.42 Å². The largest absolute Gasteiger partial charge is 0.454 e. The van der Waals surface area contributed by atoms with Gasteiger partial charge in [0.2, 0.25) is 0 Å². The number of hydrogen-bond acceptors (Lipinski definition) is 4. The predicted octanol–water partition coefficient (Wildman–Crippen LogP) is 2.13. The number of esters is 1. The van der Waals surface area contributed by atoms with Crippen LogP contribution in [0, 0.1) is 0 Å². The second-order valence-electron chi connectivity index (χ2n) is 4.56. The van der Waals surface area contributed by atoms with Crippen LogP contribution in [0.1, 0.15) is 24.8 Å². The molecule has 98 valence electrons. The second-order valence-corrected chi connectivity index (χ2v) is 5.01. The fourth-order valence-electron chi connectivity index (χ4n) is 2.38. The van der Waals surface area contributed by atoms with Crippen molar-refractivity contribution in [3.63, 3.8) is 0 Å². The number of nitrogens with one attached hydrogen (secondary N) is 1. The van der Waals surface area contributed by atoms with Crippen molar-refractivity contribution in [2.24, 2.45) is 0 Å². The normalized spacial score (nSPS) is 18.3. The molecule has 0 aliphatic carbocycles. The number of rotatable bonds is 4. The van der Waals surface area contributed by atoms with E-state index in [1.807, 2.05) is 30.3 Å². The fourth-order valence-corrected chi connectivity index (χ4v) is 2.56. The van der Waals surface area contributed by atoms with Gasteiger partial charge in [0.1, 0.15) is 5.60 Å². The first-order valence-electron chi connectivity index (χ1n) is 6.36. The Labute approximate surface area is 113 Å². The van der Waals surface area contributed by atoms with Gasteiger partial charge >= 0.3 is 5.97 Å². The summed E-state index contributed by atoms with van der Waals surface area (Å²) in [6, 6.07) is 10.0. The van der Waals surface area contributed by atoms with Crippen LogP contribution in [-0.2, 0) is 15.1 Å². The van der Waals surface area contributed by atoms with E-state index in [1.54, 1.807) is 0 Å². The van der Waals surface area contributed by atoms with Gasteiger partial charge in [-0.15, -0.1) is 0 Å². The zero-order chi connectivity index (χ0) is 12.8. The van der Waals surface area contributed by atoms with Crippen molar-refractivity contribution in [2.45, 2.75) is 24.9 Å².